The second-order valence-electron chi connectivity index (χ2n) is 5.11. The Hall–Kier alpha value is -1.59. The fourth-order valence-electron chi connectivity index (χ4n) is 2.90. The van der Waals surface area contributed by atoms with Crippen molar-refractivity contribution >= 4 is 44.3 Å². The number of aromatic nitrogens is 1. The summed E-state index contributed by atoms with van der Waals surface area (Å²) in [5.74, 6) is 0. The molecular formula is C15H15N3S2. The lowest BCUT2D eigenvalue weighted by Gasteiger charge is -2.25. The van der Waals surface area contributed by atoms with Crippen LogP contribution in [0.1, 0.15) is 29.3 Å². The largest absolute Gasteiger partial charge is 0.395 e. The van der Waals surface area contributed by atoms with Crippen LogP contribution in [0.15, 0.2) is 29.1 Å². The summed E-state index contributed by atoms with van der Waals surface area (Å²) in [4.78, 5) is 5.88. The third-order valence-corrected chi connectivity index (χ3v) is 5.71. The zero-order valence-corrected chi connectivity index (χ0v) is 12.6. The molecule has 4 rings (SSSR count). The molecule has 1 aliphatic carbocycles. The van der Waals surface area contributed by atoms with Gasteiger partial charge < -0.3 is 11.1 Å². The second-order valence-corrected chi connectivity index (χ2v) is 7.00. The van der Waals surface area contributed by atoms with Gasteiger partial charge in [-0.15, -0.1) is 22.7 Å². The molecule has 0 saturated carbocycles. The minimum atomic E-state index is 0.378. The van der Waals surface area contributed by atoms with Crippen molar-refractivity contribution in [2.24, 2.45) is 0 Å². The van der Waals surface area contributed by atoms with E-state index in [1.165, 1.54) is 23.3 Å². The predicted octanol–water partition coefficient (Wildman–Crippen LogP) is 4.43. The van der Waals surface area contributed by atoms with Gasteiger partial charge in [-0.05, 0) is 48.4 Å². The molecule has 1 aromatic carbocycles. The van der Waals surface area contributed by atoms with Crippen molar-refractivity contribution in [2.45, 2.75) is 25.3 Å². The number of nitrogen functional groups attached to an aromatic ring is 1. The maximum atomic E-state index is 6.26. The van der Waals surface area contributed by atoms with Gasteiger partial charge in [-0.25, -0.2) is 4.98 Å². The third kappa shape index (κ3) is 1.89. The zero-order valence-electron chi connectivity index (χ0n) is 10.9. The number of thiophene rings is 1. The molecule has 5 heteroatoms. The van der Waals surface area contributed by atoms with Gasteiger partial charge in [0.1, 0.15) is 5.52 Å². The Morgan fingerprint density at radius 1 is 1.25 bits per heavy atom. The summed E-state index contributed by atoms with van der Waals surface area (Å²) in [6.45, 7) is 0. The van der Waals surface area contributed by atoms with Gasteiger partial charge in [-0.2, -0.15) is 0 Å². The lowest BCUT2D eigenvalue weighted by Crippen LogP contribution is -2.16. The molecule has 102 valence electrons. The Bertz CT molecular complexity index is 759. The van der Waals surface area contributed by atoms with Crippen LogP contribution in [0.3, 0.4) is 0 Å². The number of benzene rings is 1. The van der Waals surface area contributed by atoms with Gasteiger partial charge in [0.05, 0.1) is 27.6 Å². The smallest absolute Gasteiger partial charge is 0.106 e. The van der Waals surface area contributed by atoms with Crippen LogP contribution in [0.4, 0.5) is 11.4 Å². The number of hydrogen-bond acceptors (Lipinski definition) is 5. The number of hydrogen-bond donors (Lipinski definition) is 2. The maximum absolute atomic E-state index is 6.26. The number of nitrogens with two attached hydrogens (primary N) is 1. The average molecular weight is 301 g/mol. The molecule has 3 N–H and O–H groups in total. The molecule has 0 fully saturated rings. The van der Waals surface area contributed by atoms with E-state index in [1.54, 1.807) is 11.3 Å². The van der Waals surface area contributed by atoms with Crippen LogP contribution in [-0.2, 0) is 6.42 Å². The molecule has 1 atom stereocenters. The van der Waals surface area contributed by atoms with E-state index in [0.717, 1.165) is 28.0 Å². The summed E-state index contributed by atoms with van der Waals surface area (Å²) in [5, 5.41) is 5.81. The molecule has 2 aromatic heterocycles. The van der Waals surface area contributed by atoms with E-state index in [0.29, 0.717) is 6.04 Å². The summed E-state index contributed by atoms with van der Waals surface area (Å²) < 4.78 is 1.15. The van der Waals surface area contributed by atoms with Gasteiger partial charge >= 0.3 is 0 Å². The fraction of sp³-hybridized carbons (Fsp3) is 0.267. The van der Waals surface area contributed by atoms with Gasteiger partial charge in [-0.1, -0.05) is 0 Å². The zero-order chi connectivity index (χ0) is 13.5. The lowest BCUT2D eigenvalue weighted by molar-refractivity contribution is 0.609. The first-order valence-electron chi connectivity index (χ1n) is 6.77. The van der Waals surface area contributed by atoms with E-state index in [1.807, 2.05) is 16.8 Å². The number of anilines is 2. The van der Waals surface area contributed by atoms with Gasteiger partial charge in [0.2, 0.25) is 0 Å². The minimum Gasteiger partial charge on any atom is -0.395 e. The van der Waals surface area contributed by atoms with Crippen LogP contribution < -0.4 is 11.1 Å². The number of nitrogens with one attached hydrogen (secondary N) is 1. The normalized spacial score (nSPS) is 18.1. The molecule has 2 heterocycles. The highest BCUT2D eigenvalue weighted by atomic mass is 32.1. The number of thiazole rings is 1. The van der Waals surface area contributed by atoms with Gasteiger partial charge in [-0.3, -0.25) is 0 Å². The van der Waals surface area contributed by atoms with Crippen molar-refractivity contribution in [3.8, 4) is 0 Å². The SMILES string of the molecule is Nc1c(NC2CCCc3sccc32)ccc2scnc12. The van der Waals surface area contributed by atoms with Crippen molar-refractivity contribution in [2.75, 3.05) is 11.1 Å². The van der Waals surface area contributed by atoms with E-state index in [-0.39, 0.29) is 0 Å². The highest BCUT2D eigenvalue weighted by Gasteiger charge is 2.22. The maximum Gasteiger partial charge on any atom is 0.106 e. The Morgan fingerprint density at radius 2 is 2.20 bits per heavy atom. The quantitative estimate of drug-likeness (QED) is 0.688. The standard InChI is InChI=1S/C15H15N3S2/c16-14-11(4-5-13-15(14)17-8-20-13)18-10-2-1-3-12-9(10)6-7-19-12/h4-8,10,18H,1-3,16H2. The van der Waals surface area contributed by atoms with Crippen LogP contribution in [0, 0.1) is 0 Å². The van der Waals surface area contributed by atoms with Crippen molar-refractivity contribution < 1.29 is 0 Å². The number of nitrogens with zero attached hydrogens (tertiary/aromatic N) is 1. The molecule has 0 spiro atoms. The Kier molecular flexibility index (Phi) is 2.89. The van der Waals surface area contributed by atoms with Gasteiger partial charge in [0, 0.05) is 4.88 Å². The Morgan fingerprint density at radius 3 is 3.15 bits per heavy atom. The molecule has 1 unspecified atom stereocenters. The van der Waals surface area contributed by atoms with Gasteiger partial charge in [0.25, 0.3) is 0 Å². The average Bonchev–Trinajstić information content (AvgIpc) is 3.10. The summed E-state index contributed by atoms with van der Waals surface area (Å²) in [6.07, 6.45) is 3.62. The molecule has 20 heavy (non-hydrogen) atoms. The van der Waals surface area contributed by atoms with Crippen LogP contribution >= 0.6 is 22.7 Å². The van der Waals surface area contributed by atoms with E-state index in [2.05, 4.69) is 33.9 Å². The van der Waals surface area contributed by atoms with Crippen LogP contribution in [-0.4, -0.2) is 4.98 Å². The number of aryl methyl sites for hydroxylation is 1. The second kappa shape index (κ2) is 4.75. The Labute approximate surface area is 125 Å². The molecule has 0 aliphatic heterocycles. The van der Waals surface area contributed by atoms with Crippen molar-refractivity contribution in [1.82, 2.24) is 4.98 Å². The first-order chi connectivity index (χ1) is 9.83. The molecule has 0 radical (unpaired) electrons. The summed E-state index contributed by atoms with van der Waals surface area (Å²) in [7, 11) is 0. The molecule has 0 saturated heterocycles. The summed E-state index contributed by atoms with van der Waals surface area (Å²) in [6, 6.07) is 6.80. The van der Waals surface area contributed by atoms with Gasteiger partial charge in [0.15, 0.2) is 0 Å². The van der Waals surface area contributed by atoms with Crippen LogP contribution in [0.25, 0.3) is 10.2 Å². The van der Waals surface area contributed by atoms with E-state index in [9.17, 15) is 0 Å². The number of rotatable bonds is 2. The monoisotopic (exact) mass is 301 g/mol. The molecule has 1 aliphatic rings. The first kappa shape index (κ1) is 12.2. The lowest BCUT2D eigenvalue weighted by atomic mass is 9.94. The van der Waals surface area contributed by atoms with Crippen molar-refractivity contribution in [3.63, 3.8) is 0 Å². The Balaban J connectivity index is 1.70. The van der Waals surface area contributed by atoms with Crippen LogP contribution in [0.5, 0.6) is 0 Å². The molecular weight excluding hydrogens is 286 g/mol. The predicted molar refractivity (Wildman–Crippen MR) is 87.7 cm³/mol. The topological polar surface area (TPSA) is 50.9 Å². The molecule has 3 aromatic rings. The summed E-state index contributed by atoms with van der Waals surface area (Å²) in [5.41, 5.74) is 12.2. The highest BCUT2D eigenvalue weighted by Crippen LogP contribution is 2.38. The first-order valence-corrected chi connectivity index (χ1v) is 8.53. The number of fused-ring (bicyclic) bond motifs is 2. The molecule has 0 amide bonds. The van der Waals surface area contributed by atoms with E-state index >= 15 is 0 Å². The highest BCUT2D eigenvalue weighted by molar-refractivity contribution is 7.16. The van der Waals surface area contributed by atoms with E-state index < -0.39 is 0 Å². The summed E-state index contributed by atoms with van der Waals surface area (Å²) >= 11 is 3.49. The third-order valence-electron chi connectivity index (χ3n) is 3.92. The fourth-order valence-corrected chi connectivity index (χ4v) is 4.58. The van der Waals surface area contributed by atoms with Crippen LogP contribution in [0.2, 0.25) is 0 Å². The molecule has 3 nitrogen and oxygen atoms in total. The van der Waals surface area contributed by atoms with Crippen molar-refractivity contribution in [3.05, 3.63) is 39.5 Å². The minimum absolute atomic E-state index is 0.378. The van der Waals surface area contributed by atoms with Crippen molar-refractivity contribution in [1.29, 1.82) is 0 Å². The van der Waals surface area contributed by atoms with E-state index in [4.69, 9.17) is 5.73 Å². The molecule has 0 bridgehead atoms.